The lowest BCUT2D eigenvalue weighted by Gasteiger charge is -2.02. The Morgan fingerprint density at radius 3 is 3.00 bits per heavy atom. The largest absolute Gasteiger partial charge is 0.393 e. The molecule has 0 atom stereocenters. The molecule has 1 rings (SSSR count). The van der Waals surface area contributed by atoms with Crippen molar-refractivity contribution in [2.45, 2.75) is 12.8 Å². The summed E-state index contributed by atoms with van der Waals surface area (Å²) in [7, 11) is 0. The van der Waals surface area contributed by atoms with Crippen LogP contribution in [0.1, 0.15) is 23.2 Å². The van der Waals surface area contributed by atoms with E-state index in [9.17, 15) is 4.79 Å². The first-order valence-electron chi connectivity index (χ1n) is 4.29. The predicted molar refractivity (Wildman–Crippen MR) is 62.7 cm³/mol. The molecule has 0 unspecified atom stereocenters. The highest BCUT2D eigenvalue weighted by atomic mass is 32.1. The highest BCUT2D eigenvalue weighted by Crippen LogP contribution is 2.05. The van der Waals surface area contributed by atoms with Crippen molar-refractivity contribution in [3.8, 4) is 0 Å². The SMILES string of the molecule is NC(=S)CCCNC(=O)c1ccsc1. The van der Waals surface area contributed by atoms with Gasteiger partial charge in [-0.05, 0) is 24.3 Å². The summed E-state index contributed by atoms with van der Waals surface area (Å²) >= 11 is 6.23. The van der Waals surface area contributed by atoms with Crippen LogP contribution in [0.2, 0.25) is 0 Å². The second kappa shape index (κ2) is 5.72. The van der Waals surface area contributed by atoms with E-state index in [0.29, 0.717) is 23.5 Å². The molecule has 3 nitrogen and oxygen atoms in total. The average molecular weight is 228 g/mol. The zero-order valence-electron chi connectivity index (χ0n) is 7.66. The van der Waals surface area contributed by atoms with Crippen LogP contribution < -0.4 is 11.1 Å². The van der Waals surface area contributed by atoms with E-state index in [4.69, 9.17) is 18.0 Å². The number of carbonyl (C=O) groups is 1. The van der Waals surface area contributed by atoms with Crippen LogP contribution in [0.4, 0.5) is 0 Å². The summed E-state index contributed by atoms with van der Waals surface area (Å²) in [4.78, 5) is 11.9. The Morgan fingerprint density at radius 2 is 2.43 bits per heavy atom. The normalized spacial score (nSPS) is 9.71. The highest BCUT2D eigenvalue weighted by molar-refractivity contribution is 7.80. The summed E-state index contributed by atoms with van der Waals surface area (Å²) < 4.78 is 0. The molecule has 0 spiro atoms. The lowest BCUT2D eigenvalue weighted by Crippen LogP contribution is -2.24. The highest BCUT2D eigenvalue weighted by Gasteiger charge is 2.03. The molecule has 0 aliphatic carbocycles. The molecular formula is C9H12N2OS2. The molecule has 1 aromatic rings. The van der Waals surface area contributed by atoms with E-state index in [1.807, 2.05) is 10.8 Å². The van der Waals surface area contributed by atoms with Gasteiger partial charge in [0, 0.05) is 17.5 Å². The van der Waals surface area contributed by atoms with Crippen LogP contribution in [0, 0.1) is 0 Å². The van der Waals surface area contributed by atoms with Crippen molar-refractivity contribution in [3.05, 3.63) is 22.4 Å². The minimum absolute atomic E-state index is 0.0332. The van der Waals surface area contributed by atoms with Crippen molar-refractivity contribution < 1.29 is 4.79 Å². The first-order valence-corrected chi connectivity index (χ1v) is 5.64. The maximum absolute atomic E-state index is 11.4. The summed E-state index contributed by atoms with van der Waals surface area (Å²) in [5.74, 6) is -0.0332. The smallest absolute Gasteiger partial charge is 0.252 e. The monoisotopic (exact) mass is 228 g/mol. The zero-order valence-corrected chi connectivity index (χ0v) is 9.29. The molecular weight excluding hydrogens is 216 g/mol. The fraction of sp³-hybridized carbons (Fsp3) is 0.333. The Hall–Kier alpha value is -0.940. The van der Waals surface area contributed by atoms with Crippen molar-refractivity contribution >= 4 is 34.5 Å². The number of nitrogens with one attached hydrogen (secondary N) is 1. The van der Waals surface area contributed by atoms with E-state index in [0.717, 1.165) is 6.42 Å². The molecule has 0 fully saturated rings. The van der Waals surface area contributed by atoms with Gasteiger partial charge in [-0.25, -0.2) is 0 Å². The average Bonchev–Trinajstić information content (AvgIpc) is 2.64. The molecule has 1 heterocycles. The van der Waals surface area contributed by atoms with Crippen LogP contribution in [0.15, 0.2) is 16.8 Å². The van der Waals surface area contributed by atoms with Gasteiger partial charge in [-0.2, -0.15) is 11.3 Å². The third-order valence-corrected chi connectivity index (χ3v) is 2.56. The van der Waals surface area contributed by atoms with E-state index in [2.05, 4.69) is 5.32 Å². The molecule has 0 aliphatic heterocycles. The van der Waals surface area contributed by atoms with Gasteiger partial charge in [0.1, 0.15) is 0 Å². The van der Waals surface area contributed by atoms with Crippen LogP contribution in [0.5, 0.6) is 0 Å². The van der Waals surface area contributed by atoms with Crippen LogP contribution in [0.3, 0.4) is 0 Å². The summed E-state index contributed by atoms with van der Waals surface area (Å²) in [5, 5.41) is 6.49. The molecule has 0 bridgehead atoms. The maximum Gasteiger partial charge on any atom is 0.252 e. The van der Waals surface area contributed by atoms with Gasteiger partial charge in [-0.1, -0.05) is 12.2 Å². The van der Waals surface area contributed by atoms with Gasteiger partial charge in [-0.3, -0.25) is 4.79 Å². The van der Waals surface area contributed by atoms with E-state index in [-0.39, 0.29) is 5.91 Å². The minimum atomic E-state index is -0.0332. The van der Waals surface area contributed by atoms with Crippen LogP contribution in [0.25, 0.3) is 0 Å². The number of rotatable bonds is 5. The number of thiocarbonyl (C=S) groups is 1. The molecule has 0 saturated carbocycles. The lowest BCUT2D eigenvalue weighted by molar-refractivity contribution is 0.0954. The molecule has 1 aromatic heterocycles. The number of hydrogen-bond acceptors (Lipinski definition) is 3. The summed E-state index contributed by atoms with van der Waals surface area (Å²) in [5.41, 5.74) is 6.04. The molecule has 76 valence electrons. The van der Waals surface area contributed by atoms with Gasteiger partial charge < -0.3 is 11.1 Å². The standard InChI is InChI=1S/C9H12N2OS2/c10-8(13)2-1-4-11-9(12)7-3-5-14-6-7/h3,5-6H,1-2,4H2,(H2,10,13)(H,11,12). The van der Waals surface area contributed by atoms with Crippen molar-refractivity contribution in [3.63, 3.8) is 0 Å². The molecule has 0 aromatic carbocycles. The van der Waals surface area contributed by atoms with Crippen LogP contribution >= 0.6 is 23.6 Å². The molecule has 0 saturated heterocycles. The number of nitrogens with two attached hydrogens (primary N) is 1. The van der Waals surface area contributed by atoms with Crippen LogP contribution in [-0.4, -0.2) is 17.4 Å². The first-order chi connectivity index (χ1) is 6.70. The zero-order chi connectivity index (χ0) is 10.4. The summed E-state index contributed by atoms with van der Waals surface area (Å²) in [6.45, 7) is 0.617. The Labute approximate surface area is 92.3 Å². The Balaban J connectivity index is 2.19. The quantitative estimate of drug-likeness (QED) is 0.594. The third kappa shape index (κ3) is 3.85. The molecule has 3 N–H and O–H groups in total. The van der Waals surface area contributed by atoms with E-state index in [1.54, 1.807) is 6.07 Å². The molecule has 0 aliphatic rings. The first kappa shape index (κ1) is 11.1. The van der Waals surface area contributed by atoms with E-state index >= 15 is 0 Å². The van der Waals surface area contributed by atoms with E-state index in [1.165, 1.54) is 11.3 Å². The van der Waals surface area contributed by atoms with Crippen molar-refractivity contribution in [2.75, 3.05) is 6.54 Å². The van der Waals surface area contributed by atoms with Crippen molar-refractivity contribution in [1.82, 2.24) is 5.32 Å². The van der Waals surface area contributed by atoms with Gasteiger partial charge in [0.05, 0.1) is 4.99 Å². The minimum Gasteiger partial charge on any atom is -0.393 e. The Kier molecular flexibility index (Phi) is 4.55. The summed E-state index contributed by atoms with van der Waals surface area (Å²) in [6, 6.07) is 1.80. The van der Waals surface area contributed by atoms with Crippen LogP contribution in [-0.2, 0) is 0 Å². The second-order valence-corrected chi connectivity index (χ2v) is 4.14. The van der Waals surface area contributed by atoms with Gasteiger partial charge in [-0.15, -0.1) is 0 Å². The molecule has 14 heavy (non-hydrogen) atoms. The number of thiophene rings is 1. The fourth-order valence-corrected chi connectivity index (χ4v) is 1.74. The van der Waals surface area contributed by atoms with Gasteiger partial charge >= 0.3 is 0 Å². The summed E-state index contributed by atoms with van der Waals surface area (Å²) in [6.07, 6.45) is 1.48. The number of hydrogen-bond donors (Lipinski definition) is 2. The van der Waals surface area contributed by atoms with E-state index < -0.39 is 0 Å². The lowest BCUT2D eigenvalue weighted by atomic mass is 10.3. The molecule has 0 radical (unpaired) electrons. The molecule has 1 amide bonds. The molecule has 5 heteroatoms. The number of carbonyl (C=O) groups excluding carboxylic acids is 1. The van der Waals surface area contributed by atoms with Crippen molar-refractivity contribution in [2.24, 2.45) is 5.73 Å². The topological polar surface area (TPSA) is 55.1 Å². The van der Waals surface area contributed by atoms with Gasteiger partial charge in [0.15, 0.2) is 0 Å². The Bertz CT molecular complexity index is 309. The Morgan fingerprint density at radius 1 is 1.64 bits per heavy atom. The fourth-order valence-electron chi connectivity index (χ4n) is 0.960. The van der Waals surface area contributed by atoms with Crippen molar-refractivity contribution in [1.29, 1.82) is 0 Å². The third-order valence-electron chi connectivity index (χ3n) is 1.67. The van der Waals surface area contributed by atoms with Gasteiger partial charge in [0.25, 0.3) is 5.91 Å². The number of amides is 1. The van der Waals surface area contributed by atoms with Gasteiger partial charge in [0.2, 0.25) is 0 Å². The maximum atomic E-state index is 11.4. The predicted octanol–water partition coefficient (Wildman–Crippen LogP) is 1.54. The second-order valence-electron chi connectivity index (χ2n) is 2.84.